The highest BCUT2D eigenvalue weighted by Crippen LogP contribution is 2.28. The molecule has 2 rings (SSSR count). The molecule has 5 nitrogen and oxygen atoms in total. The van der Waals surface area contributed by atoms with Crippen LogP contribution in [0, 0.1) is 0 Å². The lowest BCUT2D eigenvalue weighted by Gasteiger charge is -2.11. The molecule has 0 aromatic heterocycles. The van der Waals surface area contributed by atoms with Gasteiger partial charge in [-0.2, -0.15) is 0 Å². The fourth-order valence-corrected chi connectivity index (χ4v) is 2.26. The summed E-state index contributed by atoms with van der Waals surface area (Å²) in [6.07, 6.45) is 0. The van der Waals surface area contributed by atoms with Crippen LogP contribution in [0.2, 0.25) is 5.02 Å². The SMILES string of the molecule is COc1ccc(Cl)cc1NC(=O)c1ccc(C(=O)NC(C)C)cc1. The molecule has 0 aliphatic carbocycles. The highest BCUT2D eigenvalue weighted by atomic mass is 35.5. The summed E-state index contributed by atoms with van der Waals surface area (Å²) in [6, 6.07) is 11.4. The Morgan fingerprint density at radius 1 is 1.00 bits per heavy atom. The maximum absolute atomic E-state index is 12.3. The van der Waals surface area contributed by atoms with E-state index in [1.54, 1.807) is 42.5 Å². The summed E-state index contributed by atoms with van der Waals surface area (Å²) in [4.78, 5) is 24.2. The van der Waals surface area contributed by atoms with E-state index in [2.05, 4.69) is 10.6 Å². The van der Waals surface area contributed by atoms with Crippen LogP contribution in [0.3, 0.4) is 0 Å². The number of carbonyl (C=O) groups excluding carboxylic acids is 2. The molecular formula is C18H19ClN2O3. The Labute approximate surface area is 146 Å². The van der Waals surface area contributed by atoms with Crippen molar-refractivity contribution in [1.29, 1.82) is 0 Å². The van der Waals surface area contributed by atoms with E-state index in [-0.39, 0.29) is 17.9 Å². The molecule has 0 saturated carbocycles. The predicted octanol–water partition coefficient (Wildman–Crippen LogP) is 3.74. The number of ether oxygens (including phenoxy) is 1. The van der Waals surface area contributed by atoms with Crippen molar-refractivity contribution in [2.24, 2.45) is 0 Å². The van der Waals surface area contributed by atoms with E-state index in [1.807, 2.05) is 13.8 Å². The first-order chi connectivity index (χ1) is 11.4. The normalized spacial score (nSPS) is 10.4. The lowest BCUT2D eigenvalue weighted by molar-refractivity contribution is 0.0941. The second-order valence-corrected chi connectivity index (χ2v) is 5.94. The van der Waals surface area contributed by atoms with Crippen molar-refractivity contribution in [1.82, 2.24) is 5.32 Å². The van der Waals surface area contributed by atoms with Crippen molar-refractivity contribution >= 4 is 29.1 Å². The van der Waals surface area contributed by atoms with Crippen LogP contribution in [0.4, 0.5) is 5.69 Å². The Morgan fingerprint density at radius 2 is 1.58 bits per heavy atom. The summed E-state index contributed by atoms with van der Waals surface area (Å²) < 4.78 is 5.20. The smallest absolute Gasteiger partial charge is 0.255 e. The van der Waals surface area contributed by atoms with Gasteiger partial charge in [0.15, 0.2) is 0 Å². The van der Waals surface area contributed by atoms with Crippen LogP contribution in [-0.4, -0.2) is 25.0 Å². The average Bonchev–Trinajstić information content (AvgIpc) is 2.54. The molecule has 0 spiro atoms. The zero-order valence-corrected chi connectivity index (χ0v) is 14.5. The molecule has 2 amide bonds. The Hall–Kier alpha value is -2.53. The van der Waals surface area contributed by atoms with Crippen LogP contribution >= 0.6 is 11.6 Å². The van der Waals surface area contributed by atoms with Gasteiger partial charge in [-0.25, -0.2) is 0 Å². The Morgan fingerprint density at radius 3 is 2.12 bits per heavy atom. The monoisotopic (exact) mass is 346 g/mol. The number of amides is 2. The minimum Gasteiger partial charge on any atom is -0.495 e. The van der Waals surface area contributed by atoms with Gasteiger partial charge >= 0.3 is 0 Å². The van der Waals surface area contributed by atoms with Gasteiger partial charge in [-0.05, 0) is 56.3 Å². The maximum atomic E-state index is 12.3. The molecule has 6 heteroatoms. The minimum absolute atomic E-state index is 0.0516. The number of hydrogen-bond donors (Lipinski definition) is 2. The van der Waals surface area contributed by atoms with Gasteiger partial charge in [-0.3, -0.25) is 9.59 Å². The number of benzene rings is 2. The van der Waals surface area contributed by atoms with E-state index >= 15 is 0 Å². The number of carbonyl (C=O) groups is 2. The van der Waals surface area contributed by atoms with Crippen LogP contribution in [-0.2, 0) is 0 Å². The van der Waals surface area contributed by atoms with Gasteiger partial charge < -0.3 is 15.4 Å². The van der Waals surface area contributed by atoms with Gasteiger partial charge in [0.05, 0.1) is 12.8 Å². The summed E-state index contributed by atoms with van der Waals surface area (Å²) in [5, 5.41) is 6.04. The summed E-state index contributed by atoms with van der Waals surface area (Å²) in [7, 11) is 1.51. The first-order valence-corrected chi connectivity index (χ1v) is 7.84. The molecule has 0 heterocycles. The van der Waals surface area contributed by atoms with E-state index in [0.29, 0.717) is 27.6 Å². The van der Waals surface area contributed by atoms with Crippen LogP contribution in [0.5, 0.6) is 5.75 Å². The van der Waals surface area contributed by atoms with Crippen LogP contribution in [0.15, 0.2) is 42.5 Å². The number of halogens is 1. The molecule has 0 unspecified atom stereocenters. The topological polar surface area (TPSA) is 67.4 Å². The third-order valence-electron chi connectivity index (χ3n) is 3.24. The van der Waals surface area contributed by atoms with E-state index in [0.717, 1.165) is 0 Å². The lowest BCUT2D eigenvalue weighted by Crippen LogP contribution is -2.30. The van der Waals surface area contributed by atoms with Crippen molar-refractivity contribution < 1.29 is 14.3 Å². The number of methoxy groups -OCH3 is 1. The lowest BCUT2D eigenvalue weighted by atomic mass is 10.1. The highest BCUT2D eigenvalue weighted by Gasteiger charge is 2.12. The largest absolute Gasteiger partial charge is 0.495 e. The zero-order chi connectivity index (χ0) is 17.7. The number of nitrogens with one attached hydrogen (secondary N) is 2. The quantitative estimate of drug-likeness (QED) is 0.866. The molecule has 2 aromatic carbocycles. The molecule has 0 atom stereocenters. The summed E-state index contributed by atoms with van der Waals surface area (Å²) >= 11 is 5.95. The highest BCUT2D eigenvalue weighted by molar-refractivity contribution is 6.31. The van der Waals surface area contributed by atoms with Gasteiger partial charge in [0.25, 0.3) is 11.8 Å². The molecule has 2 aromatic rings. The molecule has 0 radical (unpaired) electrons. The fraction of sp³-hybridized carbons (Fsp3) is 0.222. The molecular weight excluding hydrogens is 328 g/mol. The third kappa shape index (κ3) is 4.49. The average molecular weight is 347 g/mol. The maximum Gasteiger partial charge on any atom is 0.255 e. The van der Waals surface area contributed by atoms with Crippen molar-refractivity contribution in [3.63, 3.8) is 0 Å². The Bertz CT molecular complexity index is 742. The first kappa shape index (κ1) is 17.8. The Kier molecular flexibility index (Phi) is 5.82. The minimum atomic E-state index is -0.314. The molecule has 0 saturated heterocycles. The van der Waals surface area contributed by atoms with E-state index < -0.39 is 0 Å². The second-order valence-electron chi connectivity index (χ2n) is 5.50. The summed E-state index contributed by atoms with van der Waals surface area (Å²) in [5.41, 5.74) is 1.41. The molecule has 0 aliphatic rings. The molecule has 0 bridgehead atoms. The van der Waals surface area contributed by atoms with Crippen molar-refractivity contribution in [3.05, 3.63) is 58.6 Å². The zero-order valence-electron chi connectivity index (χ0n) is 13.7. The Balaban J connectivity index is 2.13. The summed E-state index contributed by atoms with van der Waals surface area (Å²) in [6.45, 7) is 3.77. The molecule has 126 valence electrons. The van der Waals surface area contributed by atoms with Crippen molar-refractivity contribution in [3.8, 4) is 5.75 Å². The predicted molar refractivity (Wildman–Crippen MR) is 95.0 cm³/mol. The number of anilines is 1. The number of rotatable bonds is 5. The first-order valence-electron chi connectivity index (χ1n) is 7.46. The standard InChI is InChI=1S/C18H19ClN2O3/c1-11(2)20-17(22)12-4-6-13(7-5-12)18(23)21-15-10-14(19)8-9-16(15)24-3/h4-11H,1-3H3,(H,20,22)(H,21,23). The van der Waals surface area contributed by atoms with Crippen molar-refractivity contribution in [2.75, 3.05) is 12.4 Å². The van der Waals surface area contributed by atoms with Gasteiger partial charge in [0, 0.05) is 22.2 Å². The van der Waals surface area contributed by atoms with Crippen LogP contribution in [0.25, 0.3) is 0 Å². The van der Waals surface area contributed by atoms with Crippen molar-refractivity contribution in [2.45, 2.75) is 19.9 Å². The molecule has 24 heavy (non-hydrogen) atoms. The molecule has 0 fully saturated rings. The third-order valence-corrected chi connectivity index (χ3v) is 3.47. The van der Waals surface area contributed by atoms with Crippen LogP contribution in [0.1, 0.15) is 34.6 Å². The number of hydrogen-bond acceptors (Lipinski definition) is 3. The van der Waals surface area contributed by atoms with E-state index in [4.69, 9.17) is 16.3 Å². The second kappa shape index (κ2) is 7.84. The van der Waals surface area contributed by atoms with Gasteiger partial charge in [-0.1, -0.05) is 11.6 Å². The molecule has 2 N–H and O–H groups in total. The van der Waals surface area contributed by atoms with Gasteiger partial charge in [0.2, 0.25) is 0 Å². The molecule has 0 aliphatic heterocycles. The van der Waals surface area contributed by atoms with Gasteiger partial charge in [0.1, 0.15) is 5.75 Å². The van der Waals surface area contributed by atoms with E-state index in [9.17, 15) is 9.59 Å². The van der Waals surface area contributed by atoms with Crippen LogP contribution < -0.4 is 15.4 Å². The van der Waals surface area contributed by atoms with Gasteiger partial charge in [-0.15, -0.1) is 0 Å². The summed E-state index contributed by atoms with van der Waals surface area (Å²) in [5.74, 6) is 0.0283. The van der Waals surface area contributed by atoms with E-state index in [1.165, 1.54) is 7.11 Å². The fourth-order valence-electron chi connectivity index (χ4n) is 2.09.